The standard InChI is InChI=1S/C22H24N6O3/c1-22(2)9-15-7-17(18(8-19(15)31-22)28-3-5-30-6-4-28)27-21(29)16(11-24)20-25-12-14(10-23)13-26-20/h7-8,11-13H,3-6,9,24H2,1-2H3,(H,27,29). The average Bonchev–Trinajstić information content (AvgIpc) is 3.07. The Morgan fingerprint density at radius 1 is 1.29 bits per heavy atom. The molecule has 1 aromatic heterocycles. The monoisotopic (exact) mass is 420 g/mol. The van der Waals surface area contributed by atoms with E-state index in [1.54, 1.807) is 0 Å². The third-order valence-corrected chi connectivity index (χ3v) is 5.21. The van der Waals surface area contributed by atoms with Crippen molar-refractivity contribution in [3.05, 3.63) is 47.7 Å². The van der Waals surface area contributed by atoms with Gasteiger partial charge in [-0.25, -0.2) is 9.97 Å². The van der Waals surface area contributed by atoms with Crippen LogP contribution < -0.4 is 20.7 Å². The van der Waals surface area contributed by atoms with Crippen molar-refractivity contribution in [2.24, 2.45) is 5.73 Å². The van der Waals surface area contributed by atoms with Crippen molar-refractivity contribution in [1.29, 1.82) is 5.26 Å². The predicted octanol–water partition coefficient (Wildman–Crippen LogP) is 1.84. The maximum Gasteiger partial charge on any atom is 0.261 e. The van der Waals surface area contributed by atoms with Gasteiger partial charge in [0.2, 0.25) is 0 Å². The van der Waals surface area contributed by atoms with Crippen molar-refractivity contribution in [2.45, 2.75) is 25.9 Å². The van der Waals surface area contributed by atoms with E-state index in [0.717, 1.165) is 23.4 Å². The number of ether oxygens (including phenoxy) is 2. The second-order valence-corrected chi connectivity index (χ2v) is 8.06. The number of benzene rings is 1. The minimum absolute atomic E-state index is 0.120. The van der Waals surface area contributed by atoms with E-state index in [1.165, 1.54) is 18.6 Å². The average molecular weight is 420 g/mol. The molecule has 1 amide bonds. The van der Waals surface area contributed by atoms with Crippen LogP contribution in [0.5, 0.6) is 5.75 Å². The Morgan fingerprint density at radius 3 is 2.65 bits per heavy atom. The molecule has 2 aliphatic rings. The number of hydrogen-bond acceptors (Lipinski definition) is 8. The van der Waals surface area contributed by atoms with Gasteiger partial charge in [-0.1, -0.05) is 0 Å². The van der Waals surface area contributed by atoms with Crippen molar-refractivity contribution in [2.75, 3.05) is 36.5 Å². The van der Waals surface area contributed by atoms with Gasteiger partial charge in [0.05, 0.1) is 35.7 Å². The molecule has 31 heavy (non-hydrogen) atoms. The Labute approximate surface area is 180 Å². The number of nitrogens with one attached hydrogen (secondary N) is 1. The van der Waals surface area contributed by atoms with Gasteiger partial charge < -0.3 is 25.4 Å². The van der Waals surface area contributed by atoms with Gasteiger partial charge in [0.1, 0.15) is 17.4 Å². The molecule has 0 atom stereocenters. The highest BCUT2D eigenvalue weighted by atomic mass is 16.5. The zero-order chi connectivity index (χ0) is 22.0. The quantitative estimate of drug-likeness (QED) is 0.718. The van der Waals surface area contributed by atoms with Crippen LogP contribution in [0.4, 0.5) is 11.4 Å². The molecule has 9 nitrogen and oxygen atoms in total. The number of nitriles is 1. The largest absolute Gasteiger partial charge is 0.487 e. The molecule has 2 aliphatic heterocycles. The van der Waals surface area contributed by atoms with Crippen molar-refractivity contribution in [3.63, 3.8) is 0 Å². The van der Waals surface area contributed by atoms with Crippen LogP contribution in [-0.2, 0) is 16.0 Å². The number of nitrogens with two attached hydrogens (primary N) is 1. The highest BCUT2D eigenvalue weighted by molar-refractivity contribution is 6.24. The molecule has 0 spiro atoms. The lowest BCUT2D eigenvalue weighted by Crippen LogP contribution is -2.36. The molecule has 0 bridgehead atoms. The third kappa shape index (κ3) is 4.29. The van der Waals surface area contributed by atoms with Crippen LogP contribution in [0.15, 0.2) is 30.7 Å². The molecule has 0 saturated carbocycles. The van der Waals surface area contributed by atoms with E-state index in [4.69, 9.17) is 20.5 Å². The number of anilines is 2. The third-order valence-electron chi connectivity index (χ3n) is 5.21. The fourth-order valence-corrected chi connectivity index (χ4v) is 3.77. The molecule has 2 aromatic rings. The van der Waals surface area contributed by atoms with Crippen LogP contribution in [0, 0.1) is 11.3 Å². The van der Waals surface area contributed by atoms with Crippen molar-refractivity contribution >= 4 is 22.9 Å². The number of hydrogen-bond donors (Lipinski definition) is 2. The van der Waals surface area contributed by atoms with Gasteiger partial charge in [-0.05, 0) is 19.9 Å². The Bertz CT molecular complexity index is 1070. The van der Waals surface area contributed by atoms with E-state index in [0.29, 0.717) is 37.6 Å². The van der Waals surface area contributed by atoms with Crippen LogP contribution in [0.1, 0.15) is 30.8 Å². The molecule has 0 aliphatic carbocycles. The number of nitrogens with zero attached hydrogens (tertiary/aromatic N) is 4. The van der Waals surface area contributed by atoms with Gasteiger partial charge in [0.15, 0.2) is 5.82 Å². The topological polar surface area (TPSA) is 126 Å². The number of fused-ring (bicyclic) bond motifs is 1. The van der Waals surface area contributed by atoms with Crippen LogP contribution in [0.3, 0.4) is 0 Å². The van der Waals surface area contributed by atoms with Crippen LogP contribution >= 0.6 is 0 Å². The Hall–Kier alpha value is -3.64. The van der Waals surface area contributed by atoms with E-state index >= 15 is 0 Å². The first-order valence-electron chi connectivity index (χ1n) is 10.0. The maximum absolute atomic E-state index is 13.1. The molecule has 1 fully saturated rings. The zero-order valence-corrected chi connectivity index (χ0v) is 17.5. The lowest BCUT2D eigenvalue weighted by molar-refractivity contribution is -0.111. The number of rotatable bonds is 4. The summed E-state index contributed by atoms with van der Waals surface area (Å²) < 4.78 is 11.6. The van der Waals surface area contributed by atoms with Crippen molar-refractivity contribution < 1.29 is 14.3 Å². The number of amides is 1. The minimum atomic E-state index is -0.431. The summed E-state index contributed by atoms with van der Waals surface area (Å²) in [6, 6.07) is 5.89. The molecule has 1 aromatic carbocycles. The Balaban J connectivity index is 1.66. The summed E-state index contributed by atoms with van der Waals surface area (Å²) in [4.78, 5) is 23.4. The fourth-order valence-electron chi connectivity index (χ4n) is 3.77. The smallest absolute Gasteiger partial charge is 0.261 e. The molecule has 3 N–H and O–H groups in total. The first kappa shape index (κ1) is 20.6. The minimum Gasteiger partial charge on any atom is -0.487 e. The highest BCUT2D eigenvalue weighted by Gasteiger charge is 2.32. The zero-order valence-electron chi connectivity index (χ0n) is 17.5. The van der Waals surface area contributed by atoms with Gasteiger partial charge in [0.25, 0.3) is 5.91 Å². The van der Waals surface area contributed by atoms with Gasteiger partial charge in [-0.2, -0.15) is 5.26 Å². The molecule has 4 rings (SSSR count). The number of aromatic nitrogens is 2. The van der Waals surface area contributed by atoms with Gasteiger partial charge in [0, 0.05) is 49.7 Å². The van der Waals surface area contributed by atoms with E-state index < -0.39 is 5.91 Å². The molecule has 0 unspecified atom stereocenters. The van der Waals surface area contributed by atoms with E-state index in [-0.39, 0.29) is 17.0 Å². The summed E-state index contributed by atoms with van der Waals surface area (Å²) in [6.07, 6.45) is 4.62. The van der Waals surface area contributed by atoms with E-state index in [9.17, 15) is 4.79 Å². The SMILES string of the molecule is CC1(C)Cc2cc(NC(=O)C(=CN)c3ncc(C#N)cn3)c(N3CCOCC3)cc2O1. The van der Waals surface area contributed by atoms with Gasteiger partial charge >= 0.3 is 0 Å². The summed E-state index contributed by atoms with van der Waals surface area (Å²) in [7, 11) is 0. The lowest BCUT2D eigenvalue weighted by Gasteiger charge is -2.31. The van der Waals surface area contributed by atoms with Crippen molar-refractivity contribution in [3.8, 4) is 11.8 Å². The molecular weight excluding hydrogens is 396 g/mol. The first-order chi connectivity index (χ1) is 14.9. The molecule has 3 heterocycles. The van der Waals surface area contributed by atoms with Gasteiger partial charge in [-0.3, -0.25) is 4.79 Å². The molecular formula is C22H24N6O3. The lowest BCUT2D eigenvalue weighted by atomic mass is 10.0. The highest BCUT2D eigenvalue weighted by Crippen LogP contribution is 2.42. The normalized spacial score (nSPS) is 17.5. The van der Waals surface area contributed by atoms with Crippen LogP contribution in [0.25, 0.3) is 5.57 Å². The Morgan fingerprint density at radius 2 is 2.00 bits per heavy atom. The van der Waals surface area contributed by atoms with Crippen LogP contribution in [-0.4, -0.2) is 47.8 Å². The second-order valence-electron chi connectivity index (χ2n) is 8.06. The molecule has 9 heteroatoms. The number of morpholine rings is 1. The maximum atomic E-state index is 13.1. The summed E-state index contributed by atoms with van der Waals surface area (Å²) in [5.41, 5.74) is 8.41. The fraction of sp³-hybridized carbons (Fsp3) is 0.364. The molecule has 0 radical (unpaired) electrons. The summed E-state index contributed by atoms with van der Waals surface area (Å²) in [5.74, 6) is 0.548. The number of carbonyl (C=O) groups excluding carboxylic acids is 1. The van der Waals surface area contributed by atoms with Gasteiger partial charge in [-0.15, -0.1) is 0 Å². The molecule has 1 saturated heterocycles. The summed E-state index contributed by atoms with van der Waals surface area (Å²) >= 11 is 0. The summed E-state index contributed by atoms with van der Waals surface area (Å²) in [6.45, 7) is 6.73. The number of carbonyl (C=O) groups is 1. The van der Waals surface area contributed by atoms with Crippen LogP contribution in [0.2, 0.25) is 0 Å². The second kappa shape index (κ2) is 8.24. The van der Waals surface area contributed by atoms with E-state index in [2.05, 4.69) is 20.2 Å². The predicted molar refractivity (Wildman–Crippen MR) is 115 cm³/mol. The molecule has 160 valence electrons. The first-order valence-corrected chi connectivity index (χ1v) is 10.0. The Kier molecular flexibility index (Phi) is 5.48. The van der Waals surface area contributed by atoms with E-state index in [1.807, 2.05) is 32.0 Å². The summed E-state index contributed by atoms with van der Waals surface area (Å²) in [5, 5.41) is 11.9. The van der Waals surface area contributed by atoms with Crippen molar-refractivity contribution in [1.82, 2.24) is 9.97 Å².